The maximum absolute atomic E-state index is 12.6. The Bertz CT molecular complexity index is 970. The number of carbonyl (C=O) groups is 1. The number of rotatable bonds is 7. The molecule has 0 saturated heterocycles. The average molecular weight is 393 g/mol. The van der Waals surface area contributed by atoms with E-state index in [2.05, 4.69) is 58.9 Å². The topological polar surface area (TPSA) is 49.6 Å². The van der Waals surface area contributed by atoms with Crippen molar-refractivity contribution in [3.8, 4) is 0 Å². The zero-order valence-corrected chi connectivity index (χ0v) is 18.2. The fourth-order valence-electron chi connectivity index (χ4n) is 3.54. The first-order valence-electron chi connectivity index (χ1n) is 10.4. The van der Waals surface area contributed by atoms with E-state index in [1.807, 2.05) is 39.1 Å². The van der Waals surface area contributed by atoms with Crippen LogP contribution in [0.1, 0.15) is 55.7 Å². The molecular weight excluding hydrogens is 360 g/mol. The van der Waals surface area contributed by atoms with Gasteiger partial charge in [-0.1, -0.05) is 37.3 Å². The number of nitrogens with one attached hydrogen (secondary N) is 1. The number of hydrogen-bond acceptors (Lipinski definition) is 3. The maximum atomic E-state index is 12.6. The lowest BCUT2D eigenvalue weighted by molar-refractivity contribution is 0.0919. The van der Waals surface area contributed by atoms with Crippen LogP contribution in [0.3, 0.4) is 0 Å². The zero-order valence-electron chi connectivity index (χ0n) is 18.2. The lowest BCUT2D eigenvalue weighted by atomic mass is 10.1. The minimum Gasteiger partial charge on any atom is -0.359 e. The van der Waals surface area contributed by atoms with E-state index in [9.17, 15) is 4.79 Å². The van der Waals surface area contributed by atoms with Gasteiger partial charge in [-0.05, 0) is 57.7 Å². The van der Waals surface area contributed by atoms with Crippen molar-refractivity contribution in [2.24, 2.45) is 0 Å². The van der Waals surface area contributed by atoms with Crippen LogP contribution < -0.4 is 10.2 Å². The standard InChI is InChI=1S/C24H32N4O/c1-6-20-23(27(5)16-10-13-18-11-8-7-9-12-18)28-17-19(14-15-21(28)25-20)22(29)26-24(2,3)4/h7-9,11-12,14-15,17H,6,10,13,16H2,1-5H3,(H,26,29). The first kappa shape index (κ1) is 20.9. The number of nitrogens with zero attached hydrogens (tertiary/aromatic N) is 3. The van der Waals surface area contributed by atoms with Gasteiger partial charge in [0, 0.05) is 25.3 Å². The van der Waals surface area contributed by atoms with E-state index in [-0.39, 0.29) is 11.4 Å². The Balaban J connectivity index is 1.83. The molecule has 0 spiro atoms. The second-order valence-corrected chi connectivity index (χ2v) is 8.60. The highest BCUT2D eigenvalue weighted by atomic mass is 16.1. The predicted octanol–water partition coefficient (Wildman–Crippen LogP) is 4.49. The number of aromatic nitrogens is 2. The van der Waals surface area contributed by atoms with Crippen molar-refractivity contribution in [3.63, 3.8) is 0 Å². The summed E-state index contributed by atoms with van der Waals surface area (Å²) in [6.07, 6.45) is 4.86. The summed E-state index contributed by atoms with van der Waals surface area (Å²) in [6, 6.07) is 14.3. The molecule has 29 heavy (non-hydrogen) atoms. The van der Waals surface area contributed by atoms with Crippen molar-refractivity contribution in [2.75, 3.05) is 18.5 Å². The van der Waals surface area contributed by atoms with E-state index in [4.69, 9.17) is 4.98 Å². The summed E-state index contributed by atoms with van der Waals surface area (Å²) >= 11 is 0. The van der Waals surface area contributed by atoms with Crippen molar-refractivity contribution in [1.29, 1.82) is 0 Å². The molecule has 2 heterocycles. The Hall–Kier alpha value is -2.82. The van der Waals surface area contributed by atoms with Crippen molar-refractivity contribution < 1.29 is 4.79 Å². The lowest BCUT2D eigenvalue weighted by Crippen LogP contribution is -2.40. The van der Waals surface area contributed by atoms with Crippen LogP contribution >= 0.6 is 0 Å². The van der Waals surface area contributed by atoms with E-state index >= 15 is 0 Å². The summed E-state index contributed by atoms with van der Waals surface area (Å²) in [5.41, 5.74) is 3.66. The van der Waals surface area contributed by atoms with Crippen molar-refractivity contribution in [2.45, 2.75) is 52.5 Å². The summed E-state index contributed by atoms with van der Waals surface area (Å²) in [5, 5.41) is 3.04. The van der Waals surface area contributed by atoms with Gasteiger partial charge >= 0.3 is 0 Å². The number of aryl methyl sites for hydroxylation is 2. The molecule has 1 aromatic carbocycles. The highest BCUT2D eigenvalue weighted by molar-refractivity contribution is 5.94. The molecule has 0 aliphatic heterocycles. The van der Waals surface area contributed by atoms with Gasteiger partial charge in [0.05, 0.1) is 11.3 Å². The monoisotopic (exact) mass is 392 g/mol. The van der Waals surface area contributed by atoms with Gasteiger partial charge in [0.2, 0.25) is 0 Å². The van der Waals surface area contributed by atoms with E-state index in [0.717, 1.165) is 43.0 Å². The van der Waals surface area contributed by atoms with Gasteiger partial charge in [0.1, 0.15) is 11.5 Å². The Labute approximate surface area is 173 Å². The van der Waals surface area contributed by atoms with Crippen LogP contribution in [0.15, 0.2) is 48.7 Å². The third-order valence-corrected chi connectivity index (χ3v) is 4.91. The Kier molecular flexibility index (Phi) is 6.26. The minimum atomic E-state index is -0.271. The number of fused-ring (bicyclic) bond motifs is 1. The summed E-state index contributed by atoms with van der Waals surface area (Å²) in [5.74, 6) is 1.00. The maximum Gasteiger partial charge on any atom is 0.253 e. The Morgan fingerprint density at radius 1 is 1.14 bits per heavy atom. The first-order valence-corrected chi connectivity index (χ1v) is 10.4. The molecule has 0 radical (unpaired) electrons. The predicted molar refractivity (Wildman–Crippen MR) is 120 cm³/mol. The van der Waals surface area contributed by atoms with Crippen LogP contribution in [0.4, 0.5) is 5.82 Å². The molecule has 0 aliphatic rings. The van der Waals surface area contributed by atoms with Gasteiger partial charge in [-0.2, -0.15) is 0 Å². The number of benzene rings is 1. The van der Waals surface area contributed by atoms with Gasteiger partial charge in [-0.3, -0.25) is 9.20 Å². The summed E-state index contributed by atoms with van der Waals surface area (Å²) < 4.78 is 2.05. The van der Waals surface area contributed by atoms with Crippen LogP contribution in [-0.2, 0) is 12.8 Å². The largest absolute Gasteiger partial charge is 0.359 e. The van der Waals surface area contributed by atoms with Gasteiger partial charge in [0.15, 0.2) is 0 Å². The molecule has 1 N–H and O–H groups in total. The molecule has 154 valence electrons. The molecular formula is C24H32N4O. The lowest BCUT2D eigenvalue weighted by Gasteiger charge is -2.22. The van der Waals surface area contributed by atoms with Crippen LogP contribution in [0, 0.1) is 0 Å². The first-order chi connectivity index (χ1) is 13.8. The number of imidazole rings is 1. The summed E-state index contributed by atoms with van der Waals surface area (Å²) in [7, 11) is 2.11. The van der Waals surface area contributed by atoms with Crippen LogP contribution in [0.5, 0.6) is 0 Å². The molecule has 1 amide bonds. The third-order valence-electron chi connectivity index (χ3n) is 4.91. The highest BCUT2D eigenvalue weighted by Crippen LogP contribution is 2.24. The van der Waals surface area contributed by atoms with Gasteiger partial charge < -0.3 is 10.2 Å². The van der Waals surface area contributed by atoms with Crippen molar-refractivity contribution in [1.82, 2.24) is 14.7 Å². The second kappa shape index (κ2) is 8.68. The van der Waals surface area contributed by atoms with E-state index in [1.54, 1.807) is 0 Å². The highest BCUT2D eigenvalue weighted by Gasteiger charge is 2.19. The molecule has 0 saturated carbocycles. The van der Waals surface area contributed by atoms with E-state index in [0.29, 0.717) is 5.56 Å². The molecule has 0 aliphatic carbocycles. The van der Waals surface area contributed by atoms with Gasteiger partial charge in [-0.15, -0.1) is 0 Å². The fourth-order valence-corrected chi connectivity index (χ4v) is 3.54. The summed E-state index contributed by atoms with van der Waals surface area (Å²) in [6.45, 7) is 9.01. The molecule has 0 fully saturated rings. The summed E-state index contributed by atoms with van der Waals surface area (Å²) in [4.78, 5) is 19.7. The molecule has 5 heteroatoms. The Morgan fingerprint density at radius 2 is 1.86 bits per heavy atom. The number of anilines is 1. The van der Waals surface area contributed by atoms with E-state index in [1.165, 1.54) is 5.56 Å². The smallest absolute Gasteiger partial charge is 0.253 e. The molecule has 3 aromatic rings. The molecule has 0 atom stereocenters. The molecule has 5 nitrogen and oxygen atoms in total. The third kappa shape index (κ3) is 5.17. The number of hydrogen-bond donors (Lipinski definition) is 1. The van der Waals surface area contributed by atoms with Gasteiger partial charge in [0.25, 0.3) is 5.91 Å². The normalized spacial score (nSPS) is 11.6. The SMILES string of the molecule is CCc1nc2ccc(C(=O)NC(C)(C)C)cn2c1N(C)CCCc1ccccc1. The van der Waals surface area contributed by atoms with Crippen LogP contribution in [0.2, 0.25) is 0 Å². The van der Waals surface area contributed by atoms with E-state index < -0.39 is 0 Å². The fraction of sp³-hybridized carbons (Fsp3) is 0.417. The molecule has 2 aromatic heterocycles. The van der Waals surface area contributed by atoms with Gasteiger partial charge in [-0.25, -0.2) is 4.98 Å². The van der Waals surface area contributed by atoms with Crippen LogP contribution in [-0.4, -0.2) is 34.4 Å². The number of carbonyl (C=O) groups excluding carboxylic acids is 1. The molecule has 0 bridgehead atoms. The second-order valence-electron chi connectivity index (χ2n) is 8.60. The van der Waals surface area contributed by atoms with Crippen molar-refractivity contribution >= 4 is 17.4 Å². The number of pyridine rings is 1. The Morgan fingerprint density at radius 3 is 2.52 bits per heavy atom. The molecule has 3 rings (SSSR count). The zero-order chi connectivity index (χ0) is 21.0. The quantitative estimate of drug-likeness (QED) is 0.644. The van der Waals surface area contributed by atoms with Crippen molar-refractivity contribution in [3.05, 3.63) is 65.5 Å². The average Bonchev–Trinajstić information content (AvgIpc) is 3.05. The number of amides is 1. The van der Waals surface area contributed by atoms with Crippen LogP contribution in [0.25, 0.3) is 5.65 Å². The molecule has 0 unspecified atom stereocenters. The minimum absolute atomic E-state index is 0.0659.